The molecular formula is C42H35N3. The van der Waals surface area contributed by atoms with Gasteiger partial charge in [-0.2, -0.15) is 0 Å². The van der Waals surface area contributed by atoms with Crippen LogP contribution in [0.5, 0.6) is 0 Å². The lowest BCUT2D eigenvalue weighted by Crippen LogP contribution is -2.18. The number of rotatable bonds is 4. The molecule has 2 heterocycles. The van der Waals surface area contributed by atoms with Gasteiger partial charge in [0.15, 0.2) is 0 Å². The van der Waals surface area contributed by atoms with E-state index in [2.05, 4.69) is 149 Å². The molecule has 3 nitrogen and oxygen atoms in total. The number of allylic oxidation sites excluding steroid dienone is 5. The zero-order valence-corrected chi connectivity index (χ0v) is 25.7. The highest BCUT2D eigenvalue weighted by atomic mass is 15.1. The van der Waals surface area contributed by atoms with Crippen molar-refractivity contribution >= 4 is 40.7 Å². The molecule has 8 rings (SSSR count). The average Bonchev–Trinajstić information content (AvgIpc) is 3.70. The van der Waals surface area contributed by atoms with Gasteiger partial charge in [0.05, 0.1) is 22.6 Å². The minimum atomic E-state index is 0.759. The van der Waals surface area contributed by atoms with Crippen molar-refractivity contribution in [3.63, 3.8) is 0 Å². The van der Waals surface area contributed by atoms with Crippen LogP contribution in [0.3, 0.4) is 0 Å². The zero-order chi connectivity index (χ0) is 30.8. The van der Waals surface area contributed by atoms with E-state index in [1.54, 1.807) is 0 Å². The zero-order valence-electron chi connectivity index (χ0n) is 25.7. The van der Waals surface area contributed by atoms with E-state index in [9.17, 15) is 0 Å². The van der Waals surface area contributed by atoms with E-state index >= 15 is 0 Å². The van der Waals surface area contributed by atoms with Crippen LogP contribution in [-0.2, 0) is 0 Å². The normalized spacial score (nSPS) is 15.2. The first-order valence-electron chi connectivity index (χ1n) is 15.7. The molecule has 0 amide bonds. The van der Waals surface area contributed by atoms with E-state index in [1.807, 2.05) is 26.1 Å². The Balaban J connectivity index is 0.00000160. The highest BCUT2D eigenvalue weighted by Crippen LogP contribution is 2.42. The Bertz CT molecular complexity index is 2110. The number of fused-ring (bicyclic) bond motifs is 4. The number of hydrogen-bond donors (Lipinski definition) is 0. The molecule has 0 saturated heterocycles. The van der Waals surface area contributed by atoms with Gasteiger partial charge in [0.1, 0.15) is 0 Å². The van der Waals surface area contributed by atoms with Crippen molar-refractivity contribution in [2.75, 3.05) is 4.90 Å². The third-order valence-corrected chi connectivity index (χ3v) is 8.48. The van der Waals surface area contributed by atoms with Gasteiger partial charge in [-0.3, -0.25) is 4.99 Å². The van der Waals surface area contributed by atoms with Crippen molar-refractivity contribution < 1.29 is 0 Å². The summed E-state index contributed by atoms with van der Waals surface area (Å²) in [5.41, 5.74) is 16.9. The van der Waals surface area contributed by atoms with E-state index in [0.717, 1.165) is 52.3 Å². The van der Waals surface area contributed by atoms with Gasteiger partial charge in [0.2, 0.25) is 0 Å². The average molecular weight is 582 g/mol. The van der Waals surface area contributed by atoms with Gasteiger partial charge < -0.3 is 9.47 Å². The minimum absolute atomic E-state index is 0.759. The molecular weight excluding hydrogens is 546 g/mol. The van der Waals surface area contributed by atoms with Gasteiger partial charge >= 0.3 is 0 Å². The summed E-state index contributed by atoms with van der Waals surface area (Å²) in [5.74, 6) is 0. The summed E-state index contributed by atoms with van der Waals surface area (Å²) < 4.78 is 2.34. The number of hydrogen-bond acceptors (Lipinski definition) is 2. The van der Waals surface area contributed by atoms with Crippen LogP contribution >= 0.6 is 0 Å². The fraction of sp³-hybridized carbons (Fsp3) is 0.0952. The van der Waals surface area contributed by atoms with Crippen molar-refractivity contribution in [1.82, 2.24) is 4.57 Å². The topological polar surface area (TPSA) is 20.5 Å². The Morgan fingerprint density at radius 1 is 0.800 bits per heavy atom. The third kappa shape index (κ3) is 5.04. The van der Waals surface area contributed by atoms with Crippen LogP contribution in [0, 0.1) is 0 Å². The summed E-state index contributed by atoms with van der Waals surface area (Å²) in [6.45, 7) is 8.40. The summed E-state index contributed by atoms with van der Waals surface area (Å²) in [6, 6.07) is 32.6. The van der Waals surface area contributed by atoms with Crippen molar-refractivity contribution in [1.29, 1.82) is 0 Å². The maximum Gasteiger partial charge on any atom is 0.0657 e. The van der Waals surface area contributed by atoms with E-state index in [4.69, 9.17) is 4.99 Å². The molecule has 45 heavy (non-hydrogen) atoms. The van der Waals surface area contributed by atoms with Gasteiger partial charge in [0.25, 0.3) is 0 Å². The largest absolute Gasteiger partial charge is 0.320 e. The van der Waals surface area contributed by atoms with Crippen LogP contribution < -0.4 is 4.90 Å². The van der Waals surface area contributed by atoms with Crippen LogP contribution in [0.1, 0.15) is 43.5 Å². The summed E-state index contributed by atoms with van der Waals surface area (Å²) in [4.78, 5) is 6.98. The Hall–Kier alpha value is -5.63. The first-order chi connectivity index (χ1) is 22.3. The quantitative estimate of drug-likeness (QED) is 0.190. The van der Waals surface area contributed by atoms with Gasteiger partial charge in [-0.25, -0.2) is 0 Å². The second kappa shape index (κ2) is 12.2. The molecule has 0 unspecified atom stereocenters. The lowest BCUT2D eigenvalue weighted by molar-refractivity contribution is 0.913. The predicted octanol–water partition coefficient (Wildman–Crippen LogP) is 11.2. The van der Waals surface area contributed by atoms with Gasteiger partial charge in [-0.05, 0) is 83.7 Å². The molecule has 0 spiro atoms. The first kappa shape index (κ1) is 28.2. The number of aliphatic imine (C=N–C) groups is 1. The fourth-order valence-corrected chi connectivity index (χ4v) is 6.44. The van der Waals surface area contributed by atoms with Crippen LogP contribution in [0.15, 0.2) is 144 Å². The molecule has 218 valence electrons. The van der Waals surface area contributed by atoms with E-state index in [0.29, 0.717) is 0 Å². The predicted molar refractivity (Wildman–Crippen MR) is 194 cm³/mol. The fourth-order valence-electron chi connectivity index (χ4n) is 6.44. The van der Waals surface area contributed by atoms with Crippen LogP contribution in [-0.4, -0.2) is 10.8 Å². The monoisotopic (exact) mass is 581 g/mol. The molecule has 3 aliphatic rings. The van der Waals surface area contributed by atoms with Gasteiger partial charge in [-0.1, -0.05) is 93.2 Å². The van der Waals surface area contributed by atoms with Gasteiger partial charge in [-0.15, -0.1) is 5.73 Å². The molecule has 2 aliphatic carbocycles. The Morgan fingerprint density at radius 3 is 2.40 bits per heavy atom. The molecule has 0 saturated carbocycles. The second-order valence-electron chi connectivity index (χ2n) is 11.0. The molecule has 0 radical (unpaired) electrons. The molecule has 3 heteroatoms. The van der Waals surface area contributed by atoms with Crippen molar-refractivity contribution in [3.05, 3.63) is 156 Å². The Morgan fingerprint density at radius 2 is 1.60 bits per heavy atom. The SMILES string of the molecule is C=C1N=C/C=C\N(C2=CC=CCC2)c2cccc(-c3ccc4c(c3)c3c(n4-c4ccc(-c5ccccc5)cc4)C=C=C3)c21.CC. The smallest absolute Gasteiger partial charge is 0.0657 e. The Kier molecular flexibility index (Phi) is 7.61. The maximum absolute atomic E-state index is 4.69. The van der Waals surface area contributed by atoms with Crippen molar-refractivity contribution in [2.45, 2.75) is 26.7 Å². The van der Waals surface area contributed by atoms with E-state index in [-0.39, 0.29) is 0 Å². The van der Waals surface area contributed by atoms with Crippen LogP contribution in [0.25, 0.3) is 56.7 Å². The summed E-state index contributed by atoms with van der Waals surface area (Å²) in [6.07, 6.45) is 18.7. The standard InChI is InChI=1S/C40H29N3.C2H6/c1-28-40-34(15-8-18-39(40)42(26-10-25-41-28)32-13-6-3-7-14-32)31-21-24-38-36(27-31)35-16-9-17-37(35)43(38)33-22-19-30(20-23-33)29-11-4-2-5-12-29;1-2/h2-6,8,10-13,15-27H,1,7,14H2;1-2H3/b26-10-,41-25?;. The molecule has 4 aromatic carbocycles. The number of nitrogens with zero attached hydrogens (tertiary/aromatic N) is 3. The van der Waals surface area contributed by atoms with Crippen LogP contribution in [0.4, 0.5) is 5.69 Å². The highest BCUT2D eigenvalue weighted by molar-refractivity contribution is 6.01. The Labute approximate surface area is 265 Å². The summed E-state index contributed by atoms with van der Waals surface area (Å²) in [5, 5.41) is 1.20. The van der Waals surface area contributed by atoms with E-state index in [1.165, 1.54) is 33.3 Å². The maximum atomic E-state index is 4.69. The molecule has 0 atom stereocenters. The lowest BCUT2D eigenvalue weighted by Gasteiger charge is -2.29. The first-order valence-corrected chi connectivity index (χ1v) is 15.7. The summed E-state index contributed by atoms with van der Waals surface area (Å²) >= 11 is 0. The third-order valence-electron chi connectivity index (χ3n) is 8.48. The highest BCUT2D eigenvalue weighted by Gasteiger charge is 2.22. The van der Waals surface area contributed by atoms with Gasteiger partial charge in [0, 0.05) is 46.4 Å². The minimum Gasteiger partial charge on any atom is -0.320 e. The van der Waals surface area contributed by atoms with Crippen molar-refractivity contribution in [3.8, 4) is 27.9 Å². The molecule has 1 aromatic heterocycles. The molecule has 1 aliphatic heterocycles. The lowest BCUT2D eigenvalue weighted by atomic mass is 9.94. The van der Waals surface area contributed by atoms with Crippen molar-refractivity contribution in [2.24, 2.45) is 4.99 Å². The second-order valence-corrected chi connectivity index (χ2v) is 11.0. The number of benzene rings is 4. The van der Waals surface area contributed by atoms with E-state index < -0.39 is 0 Å². The molecule has 0 fully saturated rings. The summed E-state index contributed by atoms with van der Waals surface area (Å²) in [7, 11) is 0. The molecule has 0 bridgehead atoms. The number of aromatic nitrogens is 1. The number of anilines is 1. The van der Waals surface area contributed by atoms with Crippen LogP contribution in [0.2, 0.25) is 0 Å². The molecule has 0 N–H and O–H groups in total. The molecule has 5 aromatic rings.